The van der Waals surface area contributed by atoms with E-state index in [9.17, 15) is 9.59 Å². The first-order valence-electron chi connectivity index (χ1n) is 9.26. The maximum absolute atomic E-state index is 12.7. The van der Waals surface area contributed by atoms with Crippen molar-refractivity contribution in [2.45, 2.75) is 19.8 Å². The van der Waals surface area contributed by atoms with Crippen molar-refractivity contribution < 1.29 is 18.4 Å². The van der Waals surface area contributed by atoms with Crippen molar-refractivity contribution in [3.05, 3.63) is 60.5 Å². The van der Waals surface area contributed by atoms with Gasteiger partial charge in [0.15, 0.2) is 12.1 Å². The fourth-order valence-corrected chi connectivity index (χ4v) is 3.44. The molecule has 7 nitrogen and oxygen atoms in total. The Labute approximate surface area is 162 Å². The Morgan fingerprint density at radius 1 is 1.18 bits per heavy atom. The molecular formula is C21H21N3O4. The molecule has 1 atom stereocenters. The minimum absolute atomic E-state index is 0.0832. The van der Waals surface area contributed by atoms with Crippen molar-refractivity contribution in [2.75, 3.05) is 18.4 Å². The number of carbonyl (C=O) groups excluding carboxylic acids is 2. The predicted molar refractivity (Wildman–Crippen MR) is 103 cm³/mol. The Bertz CT molecular complexity index is 960. The van der Waals surface area contributed by atoms with Crippen LogP contribution in [0.5, 0.6) is 0 Å². The number of piperidine rings is 1. The smallest absolute Gasteiger partial charge is 0.276 e. The number of nitrogens with zero attached hydrogens (tertiary/aromatic N) is 2. The number of nitrogens with one attached hydrogen (secondary N) is 1. The Balaban J connectivity index is 1.39. The van der Waals surface area contributed by atoms with E-state index in [-0.39, 0.29) is 17.7 Å². The van der Waals surface area contributed by atoms with Crippen molar-refractivity contribution >= 4 is 17.5 Å². The van der Waals surface area contributed by atoms with E-state index in [1.807, 2.05) is 36.4 Å². The first kappa shape index (κ1) is 18.0. The maximum Gasteiger partial charge on any atom is 0.276 e. The summed E-state index contributed by atoms with van der Waals surface area (Å²) in [6.07, 6.45) is 4.42. The zero-order chi connectivity index (χ0) is 19.5. The minimum Gasteiger partial charge on any atom is -0.464 e. The monoisotopic (exact) mass is 379 g/mol. The first-order valence-corrected chi connectivity index (χ1v) is 9.26. The largest absolute Gasteiger partial charge is 0.464 e. The maximum atomic E-state index is 12.7. The summed E-state index contributed by atoms with van der Waals surface area (Å²) < 4.78 is 10.5. The molecule has 1 aromatic carbocycles. The summed E-state index contributed by atoms with van der Waals surface area (Å²) in [7, 11) is 0. The van der Waals surface area contributed by atoms with Crippen LogP contribution in [0, 0.1) is 12.8 Å². The van der Waals surface area contributed by atoms with E-state index in [4.69, 9.17) is 8.83 Å². The number of rotatable bonds is 4. The summed E-state index contributed by atoms with van der Waals surface area (Å²) in [6.45, 7) is 2.70. The normalized spacial score (nSPS) is 16.8. The van der Waals surface area contributed by atoms with Gasteiger partial charge in [0, 0.05) is 24.3 Å². The Kier molecular flexibility index (Phi) is 4.97. The van der Waals surface area contributed by atoms with E-state index >= 15 is 0 Å². The molecule has 1 N–H and O–H groups in total. The van der Waals surface area contributed by atoms with E-state index in [0.717, 1.165) is 29.9 Å². The third-order valence-electron chi connectivity index (χ3n) is 4.98. The third-order valence-corrected chi connectivity index (χ3v) is 4.98. The quantitative estimate of drug-likeness (QED) is 0.746. The molecule has 3 heterocycles. The predicted octanol–water partition coefficient (Wildman–Crippen LogP) is 3.73. The van der Waals surface area contributed by atoms with E-state index in [2.05, 4.69) is 10.3 Å². The molecular weight excluding hydrogens is 358 g/mol. The summed E-state index contributed by atoms with van der Waals surface area (Å²) in [6, 6.07) is 11.2. The highest BCUT2D eigenvalue weighted by Crippen LogP contribution is 2.24. The molecule has 2 aromatic heterocycles. The van der Waals surface area contributed by atoms with Gasteiger partial charge in [0.2, 0.25) is 5.91 Å². The topological polar surface area (TPSA) is 88.6 Å². The Hall–Kier alpha value is -3.35. The molecule has 0 aliphatic carbocycles. The zero-order valence-corrected chi connectivity index (χ0v) is 15.6. The molecule has 1 saturated heterocycles. The number of amides is 2. The lowest BCUT2D eigenvalue weighted by Gasteiger charge is -2.31. The van der Waals surface area contributed by atoms with Crippen molar-refractivity contribution in [1.29, 1.82) is 0 Å². The molecule has 1 aliphatic rings. The molecule has 1 aliphatic heterocycles. The van der Waals surface area contributed by atoms with Gasteiger partial charge in [0.1, 0.15) is 11.5 Å². The van der Waals surface area contributed by atoms with Gasteiger partial charge in [-0.1, -0.05) is 0 Å². The van der Waals surface area contributed by atoms with Gasteiger partial charge in [0.25, 0.3) is 5.91 Å². The highest BCUT2D eigenvalue weighted by atomic mass is 16.3. The van der Waals surface area contributed by atoms with Crippen LogP contribution in [-0.4, -0.2) is 34.8 Å². The van der Waals surface area contributed by atoms with Crippen molar-refractivity contribution in [3.63, 3.8) is 0 Å². The number of anilines is 1. The van der Waals surface area contributed by atoms with Crippen LogP contribution in [0.4, 0.5) is 5.69 Å². The summed E-state index contributed by atoms with van der Waals surface area (Å²) in [5, 5.41) is 2.95. The highest BCUT2D eigenvalue weighted by Gasteiger charge is 2.30. The fourth-order valence-electron chi connectivity index (χ4n) is 3.44. The van der Waals surface area contributed by atoms with Gasteiger partial charge in [-0.25, -0.2) is 4.98 Å². The molecule has 144 valence electrons. The molecule has 1 fully saturated rings. The van der Waals surface area contributed by atoms with Gasteiger partial charge < -0.3 is 19.1 Å². The number of hydrogen-bond acceptors (Lipinski definition) is 5. The average Bonchev–Trinajstić information content (AvgIpc) is 3.40. The third kappa shape index (κ3) is 3.69. The van der Waals surface area contributed by atoms with Crippen molar-refractivity contribution in [2.24, 2.45) is 5.92 Å². The Morgan fingerprint density at radius 3 is 2.68 bits per heavy atom. The lowest BCUT2D eigenvalue weighted by atomic mass is 9.96. The fraction of sp³-hybridized carbons (Fsp3) is 0.286. The van der Waals surface area contributed by atoms with Crippen LogP contribution in [-0.2, 0) is 4.79 Å². The number of likely N-dealkylation sites (tertiary alicyclic amines) is 1. The standard InChI is InChI=1S/C21H21N3O4/c1-14-19(22-13-28-14)21(26)24-10-2-4-16(12-24)20(25)23-17-8-6-15(7-9-17)18-5-3-11-27-18/h3,5-9,11,13,16H,2,4,10,12H2,1H3,(H,23,25)/t16-/m0/s1. The first-order chi connectivity index (χ1) is 13.6. The molecule has 0 spiro atoms. The molecule has 4 rings (SSSR count). The van der Waals surface area contributed by atoms with Crippen LogP contribution in [0.1, 0.15) is 29.1 Å². The number of furan rings is 1. The molecule has 0 radical (unpaired) electrons. The summed E-state index contributed by atoms with van der Waals surface area (Å²) >= 11 is 0. The van der Waals surface area contributed by atoms with Gasteiger partial charge in [-0.05, 0) is 56.2 Å². The Morgan fingerprint density at radius 2 is 2.00 bits per heavy atom. The second-order valence-corrected chi connectivity index (χ2v) is 6.89. The van der Waals surface area contributed by atoms with E-state index in [1.165, 1.54) is 6.39 Å². The van der Waals surface area contributed by atoms with Crippen LogP contribution in [0.2, 0.25) is 0 Å². The van der Waals surface area contributed by atoms with E-state index in [0.29, 0.717) is 24.5 Å². The van der Waals surface area contributed by atoms with Crippen molar-refractivity contribution in [3.8, 4) is 11.3 Å². The molecule has 0 bridgehead atoms. The summed E-state index contributed by atoms with van der Waals surface area (Å²) in [5.41, 5.74) is 1.98. The number of oxazole rings is 1. The van der Waals surface area contributed by atoms with E-state index in [1.54, 1.807) is 18.1 Å². The van der Waals surface area contributed by atoms with Gasteiger partial charge in [-0.15, -0.1) is 0 Å². The second-order valence-electron chi connectivity index (χ2n) is 6.89. The molecule has 3 aromatic rings. The van der Waals surface area contributed by atoms with E-state index < -0.39 is 0 Å². The zero-order valence-electron chi connectivity index (χ0n) is 15.6. The second kappa shape index (κ2) is 7.72. The molecule has 28 heavy (non-hydrogen) atoms. The minimum atomic E-state index is -0.255. The van der Waals surface area contributed by atoms with Crippen LogP contribution in [0.3, 0.4) is 0 Å². The molecule has 0 saturated carbocycles. The summed E-state index contributed by atoms with van der Waals surface area (Å²) in [4.78, 5) is 31.0. The van der Waals surface area contributed by atoms with Crippen LogP contribution < -0.4 is 5.32 Å². The van der Waals surface area contributed by atoms with Crippen LogP contribution in [0.25, 0.3) is 11.3 Å². The van der Waals surface area contributed by atoms with Crippen LogP contribution >= 0.6 is 0 Å². The average molecular weight is 379 g/mol. The molecule has 2 amide bonds. The highest BCUT2D eigenvalue weighted by molar-refractivity contribution is 5.95. The van der Waals surface area contributed by atoms with Gasteiger partial charge in [-0.2, -0.15) is 0 Å². The van der Waals surface area contributed by atoms with Gasteiger partial charge in [0.05, 0.1) is 12.2 Å². The lowest BCUT2D eigenvalue weighted by Crippen LogP contribution is -2.44. The number of aromatic nitrogens is 1. The van der Waals surface area contributed by atoms with Crippen LogP contribution in [0.15, 0.2) is 57.9 Å². The van der Waals surface area contributed by atoms with Crippen molar-refractivity contribution in [1.82, 2.24) is 9.88 Å². The molecule has 7 heteroatoms. The van der Waals surface area contributed by atoms with Gasteiger partial charge >= 0.3 is 0 Å². The lowest BCUT2D eigenvalue weighted by molar-refractivity contribution is -0.121. The van der Waals surface area contributed by atoms with Gasteiger partial charge in [-0.3, -0.25) is 9.59 Å². The number of aryl methyl sites for hydroxylation is 1. The number of benzene rings is 1. The number of hydrogen-bond donors (Lipinski definition) is 1. The SMILES string of the molecule is Cc1ocnc1C(=O)N1CCC[C@H](C(=O)Nc2ccc(-c3ccco3)cc2)C1. The number of carbonyl (C=O) groups is 2. The summed E-state index contributed by atoms with van der Waals surface area (Å²) in [5.74, 6) is 0.747. The molecule has 0 unspecified atom stereocenters.